The van der Waals surface area contributed by atoms with Gasteiger partial charge in [-0.1, -0.05) is 17.7 Å². The molecule has 1 aromatic heterocycles. The number of halogens is 3. The fourth-order valence-electron chi connectivity index (χ4n) is 1.74. The topological polar surface area (TPSA) is 34.1 Å². The van der Waals surface area contributed by atoms with Crippen molar-refractivity contribution in [1.82, 2.24) is 10.3 Å². The predicted molar refractivity (Wildman–Crippen MR) is 72.9 cm³/mol. The van der Waals surface area contributed by atoms with Gasteiger partial charge in [-0.15, -0.1) is 0 Å². The van der Waals surface area contributed by atoms with Crippen molar-refractivity contribution in [1.29, 1.82) is 0 Å². The third-order valence-electron chi connectivity index (χ3n) is 2.61. The predicted octanol–water partition coefficient (Wildman–Crippen LogP) is 3.63. The van der Waals surface area contributed by atoms with E-state index in [1.165, 1.54) is 12.1 Å². The Hall–Kier alpha value is -1.72. The van der Waals surface area contributed by atoms with E-state index in [9.17, 15) is 8.78 Å². The van der Waals surface area contributed by atoms with E-state index in [1.54, 1.807) is 18.5 Å². The van der Waals surface area contributed by atoms with Gasteiger partial charge in [0.05, 0.1) is 0 Å². The summed E-state index contributed by atoms with van der Waals surface area (Å²) in [5, 5.41) is 3.61. The third kappa shape index (κ3) is 4.43. The highest BCUT2D eigenvalue weighted by Crippen LogP contribution is 2.24. The van der Waals surface area contributed by atoms with Crippen molar-refractivity contribution in [2.45, 2.75) is 19.7 Å². The molecule has 0 fully saturated rings. The van der Waals surface area contributed by atoms with Crippen LogP contribution in [0.15, 0.2) is 42.7 Å². The Labute approximate surface area is 120 Å². The molecule has 0 radical (unpaired) electrons. The largest absolute Gasteiger partial charge is 0.434 e. The molecule has 106 valence electrons. The van der Waals surface area contributed by atoms with Gasteiger partial charge in [0.2, 0.25) is 0 Å². The van der Waals surface area contributed by atoms with Crippen molar-refractivity contribution >= 4 is 11.6 Å². The first-order chi connectivity index (χ1) is 9.65. The normalized spacial score (nSPS) is 10.8. The van der Waals surface area contributed by atoms with Crippen LogP contribution < -0.4 is 10.1 Å². The van der Waals surface area contributed by atoms with E-state index in [-0.39, 0.29) is 5.75 Å². The molecule has 0 spiro atoms. The average molecular weight is 299 g/mol. The zero-order valence-corrected chi connectivity index (χ0v) is 11.3. The molecule has 0 aliphatic rings. The van der Waals surface area contributed by atoms with E-state index in [0.717, 1.165) is 5.56 Å². The van der Waals surface area contributed by atoms with Crippen molar-refractivity contribution in [3.05, 3.63) is 58.9 Å². The van der Waals surface area contributed by atoms with Gasteiger partial charge < -0.3 is 10.1 Å². The number of nitrogens with zero attached hydrogens (tertiary/aromatic N) is 1. The van der Waals surface area contributed by atoms with Crippen molar-refractivity contribution in [3.8, 4) is 5.75 Å². The Bertz CT molecular complexity index is 552. The van der Waals surface area contributed by atoms with Gasteiger partial charge in [-0.05, 0) is 29.8 Å². The van der Waals surface area contributed by atoms with E-state index in [1.807, 2.05) is 12.1 Å². The second-order valence-electron chi connectivity index (χ2n) is 4.10. The molecule has 0 atom stereocenters. The zero-order chi connectivity index (χ0) is 14.4. The van der Waals surface area contributed by atoms with Crippen molar-refractivity contribution in [2.75, 3.05) is 0 Å². The molecule has 1 heterocycles. The minimum atomic E-state index is -2.85. The monoisotopic (exact) mass is 298 g/mol. The Morgan fingerprint density at radius 3 is 2.80 bits per heavy atom. The second kappa shape index (κ2) is 7.17. The lowest BCUT2D eigenvalue weighted by Gasteiger charge is -2.12. The summed E-state index contributed by atoms with van der Waals surface area (Å²) in [5.74, 6) is 0.128. The molecule has 0 amide bonds. The molecular formula is C14H13ClF2N2O. The molecular weight excluding hydrogens is 286 g/mol. The Morgan fingerprint density at radius 1 is 1.25 bits per heavy atom. The van der Waals surface area contributed by atoms with Crippen molar-refractivity contribution in [2.24, 2.45) is 0 Å². The highest BCUT2D eigenvalue weighted by Gasteiger charge is 2.10. The Morgan fingerprint density at radius 2 is 2.10 bits per heavy atom. The summed E-state index contributed by atoms with van der Waals surface area (Å²) in [4.78, 5) is 4.00. The number of aromatic nitrogens is 1. The van der Waals surface area contributed by atoms with Crippen molar-refractivity contribution < 1.29 is 13.5 Å². The van der Waals surface area contributed by atoms with E-state index in [0.29, 0.717) is 23.7 Å². The third-order valence-corrected chi connectivity index (χ3v) is 2.84. The van der Waals surface area contributed by atoms with Crippen LogP contribution in [0.5, 0.6) is 5.75 Å². The van der Waals surface area contributed by atoms with Gasteiger partial charge in [-0.25, -0.2) is 0 Å². The smallest absolute Gasteiger partial charge is 0.387 e. The molecule has 20 heavy (non-hydrogen) atoms. The number of benzene rings is 1. The van der Waals surface area contributed by atoms with Gasteiger partial charge in [0.15, 0.2) is 0 Å². The fraction of sp³-hybridized carbons (Fsp3) is 0.214. The van der Waals surface area contributed by atoms with Crippen LogP contribution >= 0.6 is 11.6 Å². The lowest BCUT2D eigenvalue weighted by Crippen LogP contribution is -2.14. The number of alkyl halides is 2. The Kier molecular flexibility index (Phi) is 5.26. The van der Waals surface area contributed by atoms with Gasteiger partial charge >= 0.3 is 6.61 Å². The molecule has 0 bridgehead atoms. The quantitative estimate of drug-likeness (QED) is 0.884. The minimum absolute atomic E-state index is 0.128. The summed E-state index contributed by atoms with van der Waals surface area (Å²) in [6, 6.07) is 8.32. The van der Waals surface area contributed by atoms with Crippen LogP contribution in [-0.2, 0) is 13.1 Å². The molecule has 3 nitrogen and oxygen atoms in total. The molecule has 0 unspecified atom stereocenters. The first-order valence-corrected chi connectivity index (χ1v) is 6.36. The van der Waals surface area contributed by atoms with Gasteiger partial charge in [0, 0.05) is 36.1 Å². The lowest BCUT2D eigenvalue weighted by atomic mass is 10.2. The van der Waals surface area contributed by atoms with Gasteiger partial charge in [0.1, 0.15) is 5.75 Å². The van der Waals surface area contributed by atoms with Crippen LogP contribution in [-0.4, -0.2) is 11.6 Å². The second-order valence-corrected chi connectivity index (χ2v) is 4.53. The fourth-order valence-corrected chi connectivity index (χ4v) is 1.94. The Balaban J connectivity index is 1.99. The summed E-state index contributed by atoms with van der Waals surface area (Å²) in [7, 11) is 0. The molecule has 0 saturated heterocycles. The summed E-state index contributed by atoms with van der Waals surface area (Å²) < 4.78 is 29.1. The highest BCUT2D eigenvalue weighted by molar-refractivity contribution is 6.30. The number of hydrogen-bond acceptors (Lipinski definition) is 3. The minimum Gasteiger partial charge on any atom is -0.434 e. The van der Waals surface area contributed by atoms with Crippen LogP contribution in [0.2, 0.25) is 5.02 Å². The molecule has 2 rings (SSSR count). The average Bonchev–Trinajstić information content (AvgIpc) is 2.42. The molecule has 1 N–H and O–H groups in total. The maximum atomic E-state index is 12.3. The van der Waals surface area contributed by atoms with E-state index < -0.39 is 6.61 Å². The van der Waals surface area contributed by atoms with E-state index >= 15 is 0 Å². The summed E-state index contributed by atoms with van der Waals surface area (Å²) >= 11 is 5.87. The summed E-state index contributed by atoms with van der Waals surface area (Å²) in [5.41, 5.74) is 1.59. The first-order valence-electron chi connectivity index (χ1n) is 5.98. The number of ether oxygens (including phenoxy) is 1. The molecule has 1 aromatic carbocycles. The van der Waals surface area contributed by atoms with Crippen LogP contribution in [0.3, 0.4) is 0 Å². The first kappa shape index (κ1) is 14.7. The number of hydrogen-bond donors (Lipinski definition) is 1. The van der Waals surface area contributed by atoms with E-state index in [4.69, 9.17) is 11.6 Å². The van der Waals surface area contributed by atoms with Gasteiger partial charge in [0.25, 0.3) is 0 Å². The van der Waals surface area contributed by atoms with Gasteiger partial charge in [-0.2, -0.15) is 8.78 Å². The molecule has 0 aliphatic carbocycles. The molecule has 0 aliphatic heterocycles. The molecule has 0 saturated carbocycles. The number of pyridine rings is 1. The van der Waals surface area contributed by atoms with Crippen LogP contribution in [0.25, 0.3) is 0 Å². The SMILES string of the molecule is FC(F)Oc1ccc(Cl)cc1CNCc1cccnc1. The maximum absolute atomic E-state index is 12.3. The summed E-state index contributed by atoms with van der Waals surface area (Å²) in [6.45, 7) is -1.90. The standard InChI is InChI=1S/C14H13ClF2N2O/c15-12-3-4-13(20-14(16)17)11(6-12)9-19-8-10-2-1-5-18-7-10/h1-7,14,19H,8-9H2. The van der Waals surface area contributed by atoms with Crippen LogP contribution in [0.4, 0.5) is 8.78 Å². The highest BCUT2D eigenvalue weighted by atomic mass is 35.5. The van der Waals surface area contributed by atoms with Crippen molar-refractivity contribution in [3.63, 3.8) is 0 Å². The van der Waals surface area contributed by atoms with Crippen LogP contribution in [0.1, 0.15) is 11.1 Å². The maximum Gasteiger partial charge on any atom is 0.387 e. The van der Waals surface area contributed by atoms with E-state index in [2.05, 4.69) is 15.0 Å². The molecule has 2 aromatic rings. The van der Waals surface area contributed by atoms with Crippen LogP contribution in [0, 0.1) is 0 Å². The van der Waals surface area contributed by atoms with Gasteiger partial charge in [-0.3, -0.25) is 4.98 Å². The number of rotatable bonds is 6. The lowest BCUT2D eigenvalue weighted by molar-refractivity contribution is -0.0505. The molecule has 6 heteroatoms. The zero-order valence-electron chi connectivity index (χ0n) is 10.5. The summed E-state index contributed by atoms with van der Waals surface area (Å²) in [6.07, 6.45) is 3.43. The number of nitrogens with one attached hydrogen (secondary N) is 1.